The maximum Gasteiger partial charge on any atom is 0.185 e. The van der Waals surface area contributed by atoms with Gasteiger partial charge in [-0.3, -0.25) is 0 Å². The monoisotopic (exact) mass is 230 g/mol. The largest absolute Gasteiger partial charge is 0.348 e. The molecule has 0 N–H and O–H groups in total. The van der Waals surface area contributed by atoms with Crippen LogP contribution in [-0.4, -0.2) is 18.1 Å². The number of thiazole rings is 1. The number of nitrogens with zero attached hydrogens (tertiary/aromatic N) is 2. The molecule has 0 saturated carbocycles. The SMILES string of the molecule is c1ccc(-c2csc(N3CCCC3)n2)cc1. The molecule has 1 saturated heterocycles. The van der Waals surface area contributed by atoms with E-state index < -0.39 is 0 Å². The third-order valence-electron chi connectivity index (χ3n) is 2.94. The van der Waals surface area contributed by atoms with Crippen molar-refractivity contribution in [3.05, 3.63) is 35.7 Å². The Labute approximate surface area is 99.6 Å². The Hall–Kier alpha value is -1.35. The molecule has 1 aromatic carbocycles. The summed E-state index contributed by atoms with van der Waals surface area (Å²) in [7, 11) is 0. The molecule has 2 heterocycles. The Kier molecular flexibility index (Phi) is 2.62. The maximum atomic E-state index is 4.71. The van der Waals surface area contributed by atoms with Gasteiger partial charge in [-0.1, -0.05) is 30.3 Å². The number of aromatic nitrogens is 1. The normalized spacial score (nSPS) is 15.6. The minimum absolute atomic E-state index is 1.10. The molecule has 1 fully saturated rings. The van der Waals surface area contributed by atoms with Crippen LogP contribution in [0.5, 0.6) is 0 Å². The Morgan fingerprint density at radius 3 is 2.56 bits per heavy atom. The lowest BCUT2D eigenvalue weighted by molar-refractivity contribution is 0.949. The fraction of sp³-hybridized carbons (Fsp3) is 0.308. The van der Waals surface area contributed by atoms with Crippen LogP contribution in [0.15, 0.2) is 35.7 Å². The molecule has 3 heteroatoms. The lowest BCUT2D eigenvalue weighted by Crippen LogP contribution is -2.17. The summed E-state index contributed by atoms with van der Waals surface area (Å²) in [5, 5.41) is 3.33. The van der Waals surface area contributed by atoms with E-state index in [1.54, 1.807) is 11.3 Å². The van der Waals surface area contributed by atoms with Crippen molar-refractivity contribution in [3.8, 4) is 11.3 Å². The first-order chi connectivity index (χ1) is 7.93. The summed E-state index contributed by atoms with van der Waals surface area (Å²) >= 11 is 1.76. The van der Waals surface area contributed by atoms with Crippen LogP contribution in [0.1, 0.15) is 12.8 Å². The van der Waals surface area contributed by atoms with Crippen molar-refractivity contribution in [2.45, 2.75) is 12.8 Å². The minimum atomic E-state index is 1.10. The van der Waals surface area contributed by atoms with E-state index in [0.29, 0.717) is 0 Å². The molecule has 0 radical (unpaired) electrons. The Morgan fingerprint density at radius 2 is 1.81 bits per heavy atom. The van der Waals surface area contributed by atoms with Crippen molar-refractivity contribution in [1.29, 1.82) is 0 Å². The van der Waals surface area contributed by atoms with Crippen LogP contribution < -0.4 is 4.90 Å². The van der Waals surface area contributed by atoms with Gasteiger partial charge in [-0.2, -0.15) is 0 Å². The third-order valence-corrected chi connectivity index (χ3v) is 3.84. The van der Waals surface area contributed by atoms with E-state index in [1.807, 2.05) is 6.07 Å². The fourth-order valence-electron chi connectivity index (χ4n) is 2.06. The van der Waals surface area contributed by atoms with Crippen molar-refractivity contribution in [3.63, 3.8) is 0 Å². The van der Waals surface area contributed by atoms with Crippen LogP contribution in [0.25, 0.3) is 11.3 Å². The summed E-state index contributed by atoms with van der Waals surface area (Å²) in [6, 6.07) is 10.4. The molecule has 16 heavy (non-hydrogen) atoms. The maximum absolute atomic E-state index is 4.71. The zero-order valence-corrected chi connectivity index (χ0v) is 9.91. The molecular formula is C13H14N2S. The summed E-state index contributed by atoms with van der Waals surface area (Å²) < 4.78 is 0. The molecular weight excluding hydrogens is 216 g/mol. The van der Waals surface area contributed by atoms with Crippen molar-refractivity contribution < 1.29 is 0 Å². The highest BCUT2D eigenvalue weighted by Gasteiger charge is 2.15. The van der Waals surface area contributed by atoms with E-state index in [9.17, 15) is 0 Å². The van der Waals surface area contributed by atoms with Crippen LogP contribution in [0.2, 0.25) is 0 Å². The molecule has 0 unspecified atom stereocenters. The highest BCUT2D eigenvalue weighted by atomic mass is 32.1. The van der Waals surface area contributed by atoms with E-state index >= 15 is 0 Å². The van der Waals surface area contributed by atoms with Gasteiger partial charge in [-0.15, -0.1) is 11.3 Å². The number of benzene rings is 1. The third kappa shape index (κ3) is 1.83. The van der Waals surface area contributed by atoms with Crippen molar-refractivity contribution >= 4 is 16.5 Å². The lowest BCUT2D eigenvalue weighted by atomic mass is 10.2. The van der Waals surface area contributed by atoms with E-state index in [2.05, 4.69) is 34.5 Å². The second kappa shape index (κ2) is 4.26. The Balaban J connectivity index is 1.87. The van der Waals surface area contributed by atoms with Crippen molar-refractivity contribution in [2.75, 3.05) is 18.0 Å². The summed E-state index contributed by atoms with van der Waals surface area (Å²) in [6.45, 7) is 2.34. The Morgan fingerprint density at radius 1 is 1.06 bits per heavy atom. The molecule has 0 atom stereocenters. The second-order valence-corrected chi connectivity index (χ2v) is 4.91. The van der Waals surface area contributed by atoms with Crippen LogP contribution in [0.4, 0.5) is 5.13 Å². The molecule has 0 aliphatic carbocycles. The van der Waals surface area contributed by atoms with Gasteiger partial charge in [0.25, 0.3) is 0 Å². The molecule has 0 spiro atoms. The van der Waals surface area contributed by atoms with Gasteiger partial charge >= 0.3 is 0 Å². The second-order valence-electron chi connectivity index (χ2n) is 4.08. The van der Waals surface area contributed by atoms with Crippen LogP contribution in [0, 0.1) is 0 Å². The van der Waals surface area contributed by atoms with Crippen LogP contribution in [-0.2, 0) is 0 Å². The van der Waals surface area contributed by atoms with Gasteiger partial charge in [0.1, 0.15) is 0 Å². The van der Waals surface area contributed by atoms with Crippen molar-refractivity contribution in [2.24, 2.45) is 0 Å². The van der Waals surface area contributed by atoms with E-state index in [0.717, 1.165) is 5.69 Å². The van der Waals surface area contributed by atoms with Gasteiger partial charge in [0, 0.05) is 24.0 Å². The smallest absolute Gasteiger partial charge is 0.185 e. The fourth-order valence-corrected chi connectivity index (χ4v) is 2.95. The van der Waals surface area contributed by atoms with Crippen molar-refractivity contribution in [1.82, 2.24) is 4.98 Å². The number of anilines is 1. The van der Waals surface area contributed by atoms with Gasteiger partial charge in [-0.05, 0) is 12.8 Å². The van der Waals surface area contributed by atoms with Crippen LogP contribution >= 0.6 is 11.3 Å². The first-order valence-corrected chi connectivity index (χ1v) is 6.57. The predicted octanol–water partition coefficient (Wildman–Crippen LogP) is 3.41. The average molecular weight is 230 g/mol. The predicted molar refractivity (Wildman–Crippen MR) is 69.0 cm³/mol. The summed E-state index contributed by atoms with van der Waals surface area (Å²) in [4.78, 5) is 7.09. The molecule has 1 aliphatic heterocycles. The Bertz CT molecular complexity index is 458. The lowest BCUT2D eigenvalue weighted by Gasteiger charge is -2.12. The average Bonchev–Trinajstić information content (AvgIpc) is 3.01. The van der Waals surface area contributed by atoms with Gasteiger partial charge in [0.2, 0.25) is 0 Å². The minimum Gasteiger partial charge on any atom is -0.348 e. The molecule has 3 rings (SSSR count). The molecule has 0 bridgehead atoms. The standard InChI is InChI=1S/C13H14N2S/c1-2-6-11(7-3-1)12-10-16-13(14-12)15-8-4-5-9-15/h1-3,6-7,10H,4-5,8-9H2. The number of rotatable bonds is 2. The highest BCUT2D eigenvalue weighted by Crippen LogP contribution is 2.29. The summed E-state index contributed by atoms with van der Waals surface area (Å²) in [6.07, 6.45) is 2.61. The molecule has 0 amide bonds. The zero-order chi connectivity index (χ0) is 10.8. The van der Waals surface area contributed by atoms with E-state index in [4.69, 9.17) is 4.98 Å². The molecule has 2 nitrogen and oxygen atoms in total. The van der Waals surface area contributed by atoms with E-state index in [-0.39, 0.29) is 0 Å². The molecule has 82 valence electrons. The first-order valence-electron chi connectivity index (χ1n) is 5.69. The topological polar surface area (TPSA) is 16.1 Å². The van der Waals surface area contributed by atoms with Gasteiger partial charge < -0.3 is 4.90 Å². The molecule has 1 aromatic heterocycles. The summed E-state index contributed by atoms with van der Waals surface area (Å²) in [5.74, 6) is 0. The number of hydrogen-bond acceptors (Lipinski definition) is 3. The highest BCUT2D eigenvalue weighted by molar-refractivity contribution is 7.14. The first kappa shape index (κ1) is 9.85. The van der Waals surface area contributed by atoms with Gasteiger partial charge in [0.05, 0.1) is 5.69 Å². The van der Waals surface area contributed by atoms with Gasteiger partial charge in [-0.25, -0.2) is 4.98 Å². The molecule has 1 aliphatic rings. The van der Waals surface area contributed by atoms with E-state index in [1.165, 1.54) is 36.6 Å². The number of hydrogen-bond donors (Lipinski definition) is 0. The molecule has 2 aromatic rings. The summed E-state index contributed by atoms with van der Waals surface area (Å²) in [5.41, 5.74) is 2.32. The van der Waals surface area contributed by atoms with Gasteiger partial charge in [0.15, 0.2) is 5.13 Å². The van der Waals surface area contributed by atoms with Crippen LogP contribution in [0.3, 0.4) is 0 Å². The quantitative estimate of drug-likeness (QED) is 0.786. The zero-order valence-electron chi connectivity index (χ0n) is 9.10.